The van der Waals surface area contributed by atoms with Crippen molar-refractivity contribution in [3.63, 3.8) is 0 Å². The zero-order valence-corrected chi connectivity index (χ0v) is 24.5. The van der Waals surface area contributed by atoms with Gasteiger partial charge in [-0.1, -0.05) is 84.9 Å². The van der Waals surface area contributed by atoms with Gasteiger partial charge in [0.15, 0.2) is 0 Å². The van der Waals surface area contributed by atoms with E-state index in [1.165, 1.54) is 12.0 Å². The number of benzene rings is 2. The molecule has 3 heterocycles. The fourth-order valence-corrected chi connectivity index (χ4v) is 7.74. The van der Waals surface area contributed by atoms with Gasteiger partial charge in [-0.2, -0.15) is 0 Å². The third-order valence-corrected chi connectivity index (χ3v) is 9.55. The minimum atomic E-state index is -1.20. The molecule has 3 fully saturated rings. The third-order valence-electron chi connectivity index (χ3n) is 9.11. The molecule has 0 radical (unpaired) electrons. The van der Waals surface area contributed by atoms with Crippen LogP contribution in [0.2, 0.25) is 10.0 Å². The molecule has 2 aromatic rings. The molecule has 2 N–H and O–H groups in total. The quantitative estimate of drug-likeness (QED) is 0.391. The van der Waals surface area contributed by atoms with Gasteiger partial charge in [-0.3, -0.25) is 14.4 Å². The van der Waals surface area contributed by atoms with Crippen molar-refractivity contribution in [2.75, 3.05) is 5.32 Å². The number of carbonyl (C=O) groups excluding carboxylic acids is 3. The number of halogens is 2. The van der Waals surface area contributed by atoms with Crippen LogP contribution < -0.4 is 10.6 Å². The Morgan fingerprint density at radius 1 is 1.05 bits per heavy atom. The molecular weight excluding hydrogens is 561 g/mol. The third kappa shape index (κ3) is 5.28. The Labute approximate surface area is 250 Å². The van der Waals surface area contributed by atoms with Crippen molar-refractivity contribution < 1.29 is 19.1 Å². The zero-order valence-electron chi connectivity index (χ0n) is 23.0. The van der Waals surface area contributed by atoms with Gasteiger partial charge in [-0.05, 0) is 56.4 Å². The second-order valence-electron chi connectivity index (χ2n) is 11.8. The molecule has 2 bridgehead atoms. The fraction of sp³-hybridized carbons (Fsp3) is 0.469. The van der Waals surface area contributed by atoms with Crippen LogP contribution in [0.5, 0.6) is 0 Å². The molecule has 1 saturated carbocycles. The number of amides is 3. The molecule has 3 amide bonds. The summed E-state index contributed by atoms with van der Waals surface area (Å²) >= 11 is 12.3. The number of aryl methyl sites for hydroxylation is 1. The molecule has 7 nitrogen and oxygen atoms in total. The first kappa shape index (κ1) is 28.3. The monoisotopic (exact) mass is 595 g/mol. The first-order valence-electron chi connectivity index (χ1n) is 14.6. The van der Waals surface area contributed by atoms with E-state index >= 15 is 0 Å². The van der Waals surface area contributed by atoms with Crippen molar-refractivity contribution >= 4 is 46.6 Å². The molecule has 9 heteroatoms. The Balaban J connectivity index is 1.29. The van der Waals surface area contributed by atoms with Gasteiger partial charge in [0, 0.05) is 27.8 Å². The lowest BCUT2D eigenvalue weighted by Crippen LogP contribution is -2.58. The summed E-state index contributed by atoms with van der Waals surface area (Å²) in [5, 5.41) is 6.92. The number of hydrogen-bond acceptors (Lipinski definition) is 4. The van der Waals surface area contributed by atoms with Gasteiger partial charge in [0.1, 0.15) is 11.6 Å². The second-order valence-corrected chi connectivity index (χ2v) is 12.7. The maximum atomic E-state index is 14.3. The number of hydrogen-bond donors (Lipinski definition) is 2. The first-order chi connectivity index (χ1) is 19.8. The smallest absolute Gasteiger partial charge is 0.246 e. The highest BCUT2D eigenvalue weighted by Crippen LogP contribution is 2.56. The maximum absolute atomic E-state index is 14.3. The molecule has 1 spiro atoms. The molecular formula is C32H35Cl2N3O4. The van der Waals surface area contributed by atoms with Crippen LogP contribution in [0.4, 0.5) is 5.69 Å². The van der Waals surface area contributed by atoms with E-state index in [0.29, 0.717) is 22.2 Å². The van der Waals surface area contributed by atoms with E-state index in [2.05, 4.69) is 22.8 Å². The minimum Gasteiger partial charge on any atom is -0.359 e. The van der Waals surface area contributed by atoms with Crippen molar-refractivity contribution in [2.24, 2.45) is 11.8 Å². The Hall–Kier alpha value is -2.87. The maximum Gasteiger partial charge on any atom is 0.246 e. The summed E-state index contributed by atoms with van der Waals surface area (Å²) in [5.41, 5.74) is 0.413. The highest BCUT2D eigenvalue weighted by Gasteiger charge is 2.73. The average molecular weight is 597 g/mol. The van der Waals surface area contributed by atoms with Gasteiger partial charge >= 0.3 is 0 Å². The summed E-state index contributed by atoms with van der Waals surface area (Å²) < 4.78 is 6.49. The lowest BCUT2D eigenvalue weighted by Gasteiger charge is -2.36. The molecule has 6 rings (SSSR count). The molecule has 3 aliphatic heterocycles. The van der Waals surface area contributed by atoms with E-state index in [1.807, 2.05) is 37.3 Å². The topological polar surface area (TPSA) is 87.7 Å². The molecule has 2 saturated heterocycles. The van der Waals surface area contributed by atoms with Gasteiger partial charge in [0.2, 0.25) is 17.7 Å². The van der Waals surface area contributed by atoms with Crippen LogP contribution >= 0.6 is 23.2 Å². The molecule has 41 heavy (non-hydrogen) atoms. The van der Waals surface area contributed by atoms with Crippen molar-refractivity contribution in [3.8, 4) is 0 Å². The molecule has 4 aliphatic rings. The first-order valence-corrected chi connectivity index (χ1v) is 15.3. The van der Waals surface area contributed by atoms with Crippen LogP contribution in [0.3, 0.4) is 0 Å². The molecule has 0 aromatic heterocycles. The van der Waals surface area contributed by atoms with E-state index in [0.717, 1.165) is 32.1 Å². The largest absolute Gasteiger partial charge is 0.359 e. The summed E-state index contributed by atoms with van der Waals surface area (Å²) in [6.45, 7) is 1.98. The van der Waals surface area contributed by atoms with Crippen molar-refractivity contribution in [1.29, 1.82) is 0 Å². The summed E-state index contributed by atoms with van der Waals surface area (Å²) in [5.74, 6) is -2.38. The Kier molecular flexibility index (Phi) is 7.88. The van der Waals surface area contributed by atoms with E-state index < -0.39 is 29.6 Å². The Morgan fingerprint density at radius 2 is 1.76 bits per heavy atom. The van der Waals surface area contributed by atoms with Gasteiger partial charge < -0.3 is 20.3 Å². The molecule has 0 unspecified atom stereocenters. The summed E-state index contributed by atoms with van der Waals surface area (Å²) in [6, 6.07) is 13.9. The predicted molar refractivity (Wildman–Crippen MR) is 159 cm³/mol. The SMILES string of the molecule is C[C@H](CCc1ccccc1)N1C(=O)[C@@H]2[C@@H](C(=O)Nc3cc(Cl)cc(Cl)c3)[C@@H]3C=C[C@@]2(O3)[C@H]1C(=O)NC1CCCCC1. The standard InChI is InChI=1S/C32H35Cl2N3O4/c1-19(12-13-20-8-4-2-5-9-20)37-28(30(39)35-23-10-6-3-7-11-23)32-15-14-25(41-32)26(27(32)31(37)40)29(38)36-24-17-21(33)16-22(34)18-24/h2,4-5,8-9,14-19,23,25-28H,3,6-7,10-13H2,1H3,(H,35,39)(H,36,38)/t19-,25+,26+,27+,28-,32+/m1/s1. The fourth-order valence-electron chi connectivity index (χ4n) is 7.22. The number of nitrogens with zero attached hydrogens (tertiary/aromatic N) is 1. The molecule has 216 valence electrons. The Bertz CT molecular complexity index is 1340. The summed E-state index contributed by atoms with van der Waals surface area (Å²) in [7, 11) is 0. The number of fused-ring (bicyclic) bond motifs is 1. The molecule has 2 aromatic carbocycles. The van der Waals surface area contributed by atoms with Crippen LogP contribution in [0.1, 0.15) is 51.0 Å². The van der Waals surface area contributed by atoms with Crippen molar-refractivity contribution in [2.45, 2.75) is 81.7 Å². The number of nitrogens with one attached hydrogen (secondary N) is 2. The van der Waals surface area contributed by atoms with Crippen LogP contribution in [0.25, 0.3) is 0 Å². The van der Waals surface area contributed by atoms with E-state index in [-0.39, 0.29) is 29.8 Å². The summed E-state index contributed by atoms with van der Waals surface area (Å²) in [4.78, 5) is 43.8. The molecule has 1 aliphatic carbocycles. The van der Waals surface area contributed by atoms with Gasteiger partial charge in [-0.15, -0.1) is 0 Å². The number of anilines is 1. The number of carbonyl (C=O) groups is 3. The zero-order chi connectivity index (χ0) is 28.7. The summed E-state index contributed by atoms with van der Waals surface area (Å²) in [6.07, 6.45) is 9.71. The van der Waals surface area contributed by atoms with Gasteiger partial charge in [0.25, 0.3) is 0 Å². The van der Waals surface area contributed by atoms with Crippen molar-refractivity contribution in [1.82, 2.24) is 10.2 Å². The van der Waals surface area contributed by atoms with Gasteiger partial charge in [0.05, 0.1) is 17.9 Å². The lowest BCUT2D eigenvalue weighted by atomic mass is 9.74. The second kappa shape index (κ2) is 11.4. The van der Waals surface area contributed by atoms with E-state index in [9.17, 15) is 14.4 Å². The Morgan fingerprint density at radius 3 is 2.46 bits per heavy atom. The van der Waals surface area contributed by atoms with Gasteiger partial charge in [-0.25, -0.2) is 0 Å². The van der Waals surface area contributed by atoms with Crippen LogP contribution in [-0.2, 0) is 25.5 Å². The number of rotatable bonds is 8. The lowest BCUT2D eigenvalue weighted by molar-refractivity contribution is -0.143. The van der Waals surface area contributed by atoms with E-state index in [4.69, 9.17) is 27.9 Å². The van der Waals surface area contributed by atoms with Crippen LogP contribution in [0, 0.1) is 11.8 Å². The van der Waals surface area contributed by atoms with Crippen LogP contribution in [0.15, 0.2) is 60.7 Å². The van der Waals surface area contributed by atoms with E-state index in [1.54, 1.807) is 23.1 Å². The van der Waals surface area contributed by atoms with Crippen LogP contribution in [-0.4, -0.2) is 52.5 Å². The minimum absolute atomic E-state index is 0.0810. The normalized spacial score (nSPS) is 29.4. The predicted octanol–water partition coefficient (Wildman–Crippen LogP) is 5.55. The average Bonchev–Trinajstić information content (AvgIpc) is 3.59. The molecule has 6 atom stereocenters. The highest BCUT2D eigenvalue weighted by atomic mass is 35.5. The highest BCUT2D eigenvalue weighted by molar-refractivity contribution is 6.35. The van der Waals surface area contributed by atoms with Crippen molar-refractivity contribution in [3.05, 3.63) is 76.3 Å². The number of ether oxygens (including phenoxy) is 1. The number of likely N-dealkylation sites (tertiary alicyclic amines) is 1.